The minimum Gasteiger partial charge on any atom is -0.497 e. The molecule has 0 saturated heterocycles. The van der Waals surface area contributed by atoms with E-state index in [2.05, 4.69) is 11.4 Å². The van der Waals surface area contributed by atoms with Crippen LogP contribution in [0.1, 0.15) is 17.5 Å². The zero-order valence-electron chi connectivity index (χ0n) is 12.1. The Morgan fingerprint density at radius 2 is 2.20 bits per heavy atom. The molecule has 0 saturated carbocycles. The summed E-state index contributed by atoms with van der Waals surface area (Å²) in [6.45, 7) is 1.17. The van der Waals surface area contributed by atoms with E-state index < -0.39 is 5.54 Å². The van der Waals surface area contributed by atoms with Gasteiger partial charge in [-0.2, -0.15) is 0 Å². The van der Waals surface area contributed by atoms with Gasteiger partial charge in [-0.05, 0) is 42.5 Å². The molecular formula is C15H22N2O3. The van der Waals surface area contributed by atoms with E-state index in [1.54, 1.807) is 14.2 Å². The largest absolute Gasteiger partial charge is 0.497 e. The molecule has 1 atom stereocenters. The summed E-state index contributed by atoms with van der Waals surface area (Å²) in [5.41, 5.74) is 7.34. The number of amides is 1. The molecule has 1 aliphatic carbocycles. The zero-order valence-corrected chi connectivity index (χ0v) is 12.1. The molecule has 3 N–H and O–H groups in total. The van der Waals surface area contributed by atoms with E-state index in [0.29, 0.717) is 26.0 Å². The molecule has 0 aliphatic heterocycles. The number of primary amides is 1. The second-order valence-electron chi connectivity index (χ2n) is 5.18. The number of carbonyl (C=O) groups is 1. The van der Waals surface area contributed by atoms with Crippen molar-refractivity contribution in [1.29, 1.82) is 0 Å². The lowest BCUT2D eigenvalue weighted by Crippen LogP contribution is -2.59. The zero-order chi connectivity index (χ0) is 14.6. The smallest absolute Gasteiger partial charge is 0.238 e. The standard InChI is InChI=1S/C15H22N2O3/c1-19-8-7-17-15(14(16)18)6-5-11-3-4-13(20-2)9-12(11)10-15/h3-4,9,17H,5-8,10H2,1-2H3,(H2,16,18). The molecule has 1 aromatic rings. The number of ether oxygens (including phenoxy) is 2. The van der Waals surface area contributed by atoms with Gasteiger partial charge in [0, 0.05) is 13.7 Å². The number of hydrogen-bond acceptors (Lipinski definition) is 4. The summed E-state index contributed by atoms with van der Waals surface area (Å²) in [6, 6.07) is 6.01. The number of carbonyl (C=O) groups excluding carboxylic acids is 1. The summed E-state index contributed by atoms with van der Waals surface area (Å²) in [6.07, 6.45) is 2.15. The molecule has 0 heterocycles. The summed E-state index contributed by atoms with van der Waals surface area (Å²) in [7, 11) is 3.28. The second-order valence-corrected chi connectivity index (χ2v) is 5.18. The third kappa shape index (κ3) is 2.94. The fraction of sp³-hybridized carbons (Fsp3) is 0.533. The molecule has 1 aliphatic rings. The van der Waals surface area contributed by atoms with Crippen molar-refractivity contribution in [3.05, 3.63) is 29.3 Å². The average Bonchev–Trinajstić information content (AvgIpc) is 2.46. The van der Waals surface area contributed by atoms with E-state index in [1.165, 1.54) is 5.56 Å². The topological polar surface area (TPSA) is 73.6 Å². The monoisotopic (exact) mass is 278 g/mol. The van der Waals surface area contributed by atoms with Gasteiger partial charge in [0.05, 0.1) is 13.7 Å². The van der Waals surface area contributed by atoms with Crippen LogP contribution in [-0.2, 0) is 22.4 Å². The molecule has 110 valence electrons. The Bertz CT molecular complexity index is 490. The Labute approximate surface area is 119 Å². The Hall–Kier alpha value is -1.59. The first-order chi connectivity index (χ1) is 9.61. The van der Waals surface area contributed by atoms with Gasteiger partial charge in [-0.1, -0.05) is 6.07 Å². The molecule has 20 heavy (non-hydrogen) atoms. The minimum absolute atomic E-state index is 0.304. The van der Waals surface area contributed by atoms with Crippen LogP contribution in [0, 0.1) is 0 Å². The molecule has 1 aromatic carbocycles. The molecule has 2 rings (SSSR count). The van der Waals surface area contributed by atoms with Crippen molar-refractivity contribution in [2.75, 3.05) is 27.4 Å². The highest BCUT2D eigenvalue weighted by Gasteiger charge is 2.39. The van der Waals surface area contributed by atoms with E-state index in [-0.39, 0.29) is 5.91 Å². The predicted molar refractivity (Wildman–Crippen MR) is 76.8 cm³/mol. The fourth-order valence-electron chi connectivity index (χ4n) is 2.74. The van der Waals surface area contributed by atoms with Gasteiger partial charge in [0.1, 0.15) is 11.3 Å². The lowest BCUT2D eigenvalue weighted by molar-refractivity contribution is -0.125. The van der Waals surface area contributed by atoms with Gasteiger partial charge < -0.3 is 20.5 Å². The van der Waals surface area contributed by atoms with Crippen LogP contribution < -0.4 is 15.8 Å². The molecule has 0 bridgehead atoms. The minimum atomic E-state index is -0.683. The highest BCUT2D eigenvalue weighted by atomic mass is 16.5. The van der Waals surface area contributed by atoms with Crippen LogP contribution in [0.25, 0.3) is 0 Å². The first-order valence-electron chi connectivity index (χ1n) is 6.81. The number of nitrogens with two attached hydrogens (primary N) is 1. The van der Waals surface area contributed by atoms with Gasteiger partial charge in [-0.15, -0.1) is 0 Å². The third-order valence-electron chi connectivity index (χ3n) is 3.97. The second kappa shape index (κ2) is 6.24. The van der Waals surface area contributed by atoms with Gasteiger partial charge in [0.2, 0.25) is 5.91 Å². The predicted octanol–water partition coefficient (Wildman–Crippen LogP) is 0.644. The number of aryl methyl sites for hydroxylation is 1. The fourth-order valence-corrected chi connectivity index (χ4v) is 2.74. The summed E-state index contributed by atoms with van der Waals surface area (Å²) in [5, 5.41) is 3.27. The maximum absolute atomic E-state index is 11.9. The summed E-state index contributed by atoms with van der Waals surface area (Å²) >= 11 is 0. The van der Waals surface area contributed by atoms with Crippen LogP contribution in [0.15, 0.2) is 18.2 Å². The van der Waals surface area contributed by atoms with Crippen LogP contribution in [0.4, 0.5) is 0 Å². The Balaban J connectivity index is 2.21. The van der Waals surface area contributed by atoms with Crippen molar-refractivity contribution in [1.82, 2.24) is 5.32 Å². The maximum Gasteiger partial charge on any atom is 0.238 e. The molecule has 1 amide bonds. The summed E-state index contributed by atoms with van der Waals surface area (Å²) in [4.78, 5) is 11.9. The number of hydrogen-bond donors (Lipinski definition) is 2. The molecular weight excluding hydrogens is 256 g/mol. The number of nitrogens with one attached hydrogen (secondary N) is 1. The van der Waals surface area contributed by atoms with Crippen LogP contribution >= 0.6 is 0 Å². The van der Waals surface area contributed by atoms with Crippen molar-refractivity contribution in [3.63, 3.8) is 0 Å². The molecule has 5 heteroatoms. The normalized spacial score (nSPS) is 21.3. The number of methoxy groups -OCH3 is 2. The van der Waals surface area contributed by atoms with Gasteiger partial charge in [-0.25, -0.2) is 0 Å². The van der Waals surface area contributed by atoms with Crippen molar-refractivity contribution in [3.8, 4) is 5.75 Å². The van der Waals surface area contributed by atoms with E-state index in [4.69, 9.17) is 15.2 Å². The van der Waals surface area contributed by atoms with Crippen molar-refractivity contribution in [2.24, 2.45) is 5.73 Å². The molecule has 0 aromatic heterocycles. The lowest BCUT2D eigenvalue weighted by atomic mass is 9.77. The van der Waals surface area contributed by atoms with Gasteiger partial charge in [0.15, 0.2) is 0 Å². The molecule has 0 fully saturated rings. The van der Waals surface area contributed by atoms with E-state index >= 15 is 0 Å². The van der Waals surface area contributed by atoms with Gasteiger partial charge in [0.25, 0.3) is 0 Å². The van der Waals surface area contributed by atoms with Crippen molar-refractivity contribution < 1.29 is 14.3 Å². The van der Waals surface area contributed by atoms with Crippen molar-refractivity contribution >= 4 is 5.91 Å². The first kappa shape index (κ1) is 14.8. The highest BCUT2D eigenvalue weighted by Crippen LogP contribution is 2.31. The Morgan fingerprint density at radius 3 is 2.85 bits per heavy atom. The lowest BCUT2D eigenvalue weighted by Gasteiger charge is -2.36. The molecule has 5 nitrogen and oxygen atoms in total. The number of rotatable bonds is 6. The maximum atomic E-state index is 11.9. The van der Waals surface area contributed by atoms with Gasteiger partial charge in [-0.3, -0.25) is 4.79 Å². The number of fused-ring (bicyclic) bond motifs is 1. The molecule has 1 unspecified atom stereocenters. The van der Waals surface area contributed by atoms with Gasteiger partial charge >= 0.3 is 0 Å². The summed E-state index contributed by atoms with van der Waals surface area (Å²) < 4.78 is 10.3. The summed E-state index contributed by atoms with van der Waals surface area (Å²) in [5.74, 6) is 0.503. The van der Waals surface area contributed by atoms with E-state index in [0.717, 1.165) is 17.7 Å². The first-order valence-corrected chi connectivity index (χ1v) is 6.81. The Kier molecular flexibility index (Phi) is 4.62. The number of benzene rings is 1. The van der Waals surface area contributed by atoms with Crippen LogP contribution in [0.3, 0.4) is 0 Å². The highest BCUT2D eigenvalue weighted by molar-refractivity contribution is 5.85. The molecule has 0 spiro atoms. The van der Waals surface area contributed by atoms with E-state index in [1.807, 2.05) is 12.1 Å². The van der Waals surface area contributed by atoms with E-state index in [9.17, 15) is 4.79 Å². The van der Waals surface area contributed by atoms with Crippen LogP contribution in [-0.4, -0.2) is 38.8 Å². The van der Waals surface area contributed by atoms with Crippen molar-refractivity contribution in [2.45, 2.75) is 24.8 Å². The van der Waals surface area contributed by atoms with Crippen LogP contribution in [0.5, 0.6) is 5.75 Å². The SMILES string of the molecule is COCCNC1(C(N)=O)CCc2ccc(OC)cc2C1. The van der Waals surface area contributed by atoms with Crippen LogP contribution in [0.2, 0.25) is 0 Å². The molecule has 0 radical (unpaired) electrons. The quantitative estimate of drug-likeness (QED) is 0.749. The average molecular weight is 278 g/mol. The Morgan fingerprint density at radius 1 is 1.40 bits per heavy atom. The third-order valence-corrected chi connectivity index (χ3v) is 3.97.